The van der Waals surface area contributed by atoms with E-state index in [1.807, 2.05) is 19.1 Å². The molecule has 1 aromatic heterocycles. The number of methoxy groups -OCH3 is 2. The van der Waals surface area contributed by atoms with Crippen molar-refractivity contribution >= 4 is 22.7 Å². The highest BCUT2D eigenvalue weighted by Gasteiger charge is 2.36. The van der Waals surface area contributed by atoms with E-state index in [1.54, 1.807) is 38.7 Å². The van der Waals surface area contributed by atoms with Gasteiger partial charge in [0.2, 0.25) is 5.91 Å². The average molecular weight is 386 g/mol. The van der Waals surface area contributed by atoms with Crippen molar-refractivity contribution in [3.8, 4) is 11.5 Å². The minimum atomic E-state index is -0.293. The van der Waals surface area contributed by atoms with Crippen LogP contribution in [0.15, 0.2) is 41.7 Å². The average Bonchev–Trinajstić information content (AvgIpc) is 3.17. The highest BCUT2D eigenvalue weighted by molar-refractivity contribution is 8.15. The van der Waals surface area contributed by atoms with Crippen LogP contribution < -0.4 is 14.8 Å². The van der Waals surface area contributed by atoms with Gasteiger partial charge in [-0.1, -0.05) is 18.7 Å². The van der Waals surface area contributed by atoms with Crippen LogP contribution in [0.5, 0.6) is 11.5 Å². The third-order valence-corrected chi connectivity index (χ3v) is 5.55. The van der Waals surface area contributed by atoms with E-state index in [-0.39, 0.29) is 17.2 Å². The molecule has 2 aromatic rings. The number of nitrogens with zero attached hydrogens (tertiary/aromatic N) is 3. The molecule has 1 aliphatic heterocycles. The summed E-state index contributed by atoms with van der Waals surface area (Å²) in [5.74, 6) is 1.89. The van der Waals surface area contributed by atoms with Gasteiger partial charge in [0.1, 0.15) is 21.8 Å². The van der Waals surface area contributed by atoms with Gasteiger partial charge in [-0.15, -0.1) is 0 Å². The Morgan fingerprint density at radius 1 is 1.22 bits per heavy atom. The maximum Gasteiger partial charge on any atom is 0.236 e. The van der Waals surface area contributed by atoms with E-state index in [4.69, 9.17) is 9.47 Å². The molecule has 1 N–H and O–H groups in total. The first-order valence-corrected chi connectivity index (χ1v) is 9.54. The standard InChI is InChI=1S/C19H22N4O3S/c1-4-14-16(27-19(23-14)17-20-8-5-9-21-17)18(24)22-11-12-6-7-13(25-2)10-15(12)26-3/h5-10,14,16H,4,11H2,1-3H3,(H,22,24). The van der Waals surface area contributed by atoms with E-state index in [1.165, 1.54) is 11.8 Å². The highest BCUT2D eigenvalue weighted by Crippen LogP contribution is 2.31. The van der Waals surface area contributed by atoms with Gasteiger partial charge in [0.05, 0.1) is 20.3 Å². The summed E-state index contributed by atoms with van der Waals surface area (Å²) in [7, 11) is 3.20. The van der Waals surface area contributed by atoms with Crippen LogP contribution >= 0.6 is 11.8 Å². The quantitative estimate of drug-likeness (QED) is 0.787. The number of carbonyl (C=O) groups excluding carboxylic acids is 1. The molecule has 0 spiro atoms. The Bertz CT molecular complexity index is 829. The molecule has 1 aliphatic rings. The molecule has 1 aromatic carbocycles. The first kappa shape index (κ1) is 19.2. The third kappa shape index (κ3) is 4.39. The summed E-state index contributed by atoms with van der Waals surface area (Å²) in [6.07, 6.45) is 4.12. The zero-order chi connectivity index (χ0) is 19.2. The number of amides is 1. The summed E-state index contributed by atoms with van der Waals surface area (Å²) in [6, 6.07) is 7.20. The number of rotatable bonds is 7. The van der Waals surface area contributed by atoms with Gasteiger partial charge in [-0.25, -0.2) is 9.97 Å². The monoisotopic (exact) mass is 386 g/mol. The third-order valence-electron chi connectivity index (χ3n) is 4.25. The number of ether oxygens (including phenoxy) is 2. The Morgan fingerprint density at radius 2 is 2.00 bits per heavy atom. The first-order valence-electron chi connectivity index (χ1n) is 8.66. The Labute approximate surface area is 162 Å². The molecule has 3 rings (SSSR count). The van der Waals surface area contributed by atoms with Crippen molar-refractivity contribution in [3.63, 3.8) is 0 Å². The van der Waals surface area contributed by atoms with Gasteiger partial charge in [-0.3, -0.25) is 9.79 Å². The minimum Gasteiger partial charge on any atom is -0.497 e. The molecule has 142 valence electrons. The summed E-state index contributed by atoms with van der Waals surface area (Å²) in [5.41, 5.74) is 0.884. The molecule has 0 bridgehead atoms. The van der Waals surface area contributed by atoms with Crippen molar-refractivity contribution in [1.29, 1.82) is 0 Å². The van der Waals surface area contributed by atoms with Crippen LogP contribution in [0.2, 0.25) is 0 Å². The summed E-state index contributed by atoms with van der Waals surface area (Å²) >= 11 is 1.42. The molecule has 1 amide bonds. The predicted molar refractivity (Wildman–Crippen MR) is 105 cm³/mol. The molecule has 0 aliphatic carbocycles. The Balaban J connectivity index is 1.66. The lowest BCUT2D eigenvalue weighted by molar-refractivity contribution is -0.121. The molecule has 2 atom stereocenters. The lowest BCUT2D eigenvalue weighted by Gasteiger charge is -2.16. The van der Waals surface area contributed by atoms with E-state index >= 15 is 0 Å². The van der Waals surface area contributed by atoms with Crippen LogP contribution in [-0.2, 0) is 11.3 Å². The van der Waals surface area contributed by atoms with E-state index in [9.17, 15) is 4.79 Å². The van der Waals surface area contributed by atoms with Crippen LogP contribution in [0.1, 0.15) is 24.7 Å². The first-order chi connectivity index (χ1) is 13.2. The second kappa shape index (κ2) is 8.85. The zero-order valence-electron chi connectivity index (χ0n) is 15.5. The Hall–Kier alpha value is -2.61. The van der Waals surface area contributed by atoms with Crippen LogP contribution in [0.25, 0.3) is 0 Å². The van der Waals surface area contributed by atoms with Gasteiger partial charge in [0, 0.05) is 30.6 Å². The molecule has 0 radical (unpaired) electrons. The van der Waals surface area contributed by atoms with Gasteiger partial charge in [0.15, 0.2) is 5.82 Å². The van der Waals surface area contributed by atoms with E-state index in [0.29, 0.717) is 28.9 Å². The molecule has 0 saturated heterocycles. The number of nitrogens with one attached hydrogen (secondary N) is 1. The number of aliphatic imine (C=N–C) groups is 1. The van der Waals surface area contributed by atoms with Crippen LogP contribution in [0.3, 0.4) is 0 Å². The molecule has 2 unspecified atom stereocenters. The SMILES string of the molecule is CCC1N=C(c2ncccn2)SC1C(=O)NCc1ccc(OC)cc1OC. The van der Waals surface area contributed by atoms with Gasteiger partial charge in [-0.2, -0.15) is 0 Å². The molecule has 2 heterocycles. The molecule has 0 saturated carbocycles. The van der Waals surface area contributed by atoms with Gasteiger partial charge in [0.25, 0.3) is 0 Å². The van der Waals surface area contributed by atoms with E-state index in [2.05, 4.69) is 20.3 Å². The fourth-order valence-corrected chi connectivity index (χ4v) is 4.03. The predicted octanol–water partition coefficient (Wildman–Crippen LogP) is 2.45. The highest BCUT2D eigenvalue weighted by atomic mass is 32.2. The maximum absolute atomic E-state index is 12.8. The largest absolute Gasteiger partial charge is 0.497 e. The molecular weight excluding hydrogens is 364 g/mol. The van der Waals surface area contributed by atoms with Crippen LogP contribution in [0, 0.1) is 0 Å². The number of aromatic nitrogens is 2. The number of carbonyl (C=O) groups is 1. The smallest absolute Gasteiger partial charge is 0.236 e. The normalized spacial score (nSPS) is 18.7. The van der Waals surface area contributed by atoms with Gasteiger partial charge < -0.3 is 14.8 Å². The molecule has 0 fully saturated rings. The number of hydrogen-bond acceptors (Lipinski definition) is 7. The number of benzene rings is 1. The summed E-state index contributed by atoms with van der Waals surface area (Å²) in [6.45, 7) is 2.40. The number of thioether (sulfide) groups is 1. The van der Waals surface area contributed by atoms with E-state index < -0.39 is 0 Å². The van der Waals surface area contributed by atoms with Crippen molar-refractivity contribution in [1.82, 2.24) is 15.3 Å². The summed E-state index contributed by atoms with van der Waals surface area (Å²) in [4.78, 5) is 25.9. The van der Waals surface area contributed by atoms with Crippen molar-refractivity contribution in [2.45, 2.75) is 31.2 Å². The molecule has 8 heteroatoms. The van der Waals surface area contributed by atoms with Crippen molar-refractivity contribution in [2.24, 2.45) is 4.99 Å². The Morgan fingerprint density at radius 3 is 2.67 bits per heavy atom. The fourth-order valence-electron chi connectivity index (χ4n) is 2.78. The lowest BCUT2D eigenvalue weighted by atomic mass is 10.1. The second-order valence-corrected chi connectivity index (χ2v) is 7.05. The van der Waals surface area contributed by atoms with Gasteiger partial charge >= 0.3 is 0 Å². The molecule has 7 nitrogen and oxygen atoms in total. The van der Waals surface area contributed by atoms with E-state index in [0.717, 1.165) is 12.0 Å². The van der Waals surface area contributed by atoms with Crippen LogP contribution in [0.4, 0.5) is 0 Å². The van der Waals surface area contributed by atoms with Crippen molar-refractivity contribution in [2.75, 3.05) is 14.2 Å². The Kier molecular flexibility index (Phi) is 6.28. The van der Waals surface area contributed by atoms with Crippen molar-refractivity contribution in [3.05, 3.63) is 48.0 Å². The topological polar surface area (TPSA) is 85.7 Å². The molecular formula is C19H22N4O3S. The second-order valence-electron chi connectivity index (χ2n) is 5.92. The molecule has 27 heavy (non-hydrogen) atoms. The van der Waals surface area contributed by atoms with Crippen LogP contribution in [-0.4, -0.2) is 46.4 Å². The van der Waals surface area contributed by atoms with Crippen molar-refractivity contribution < 1.29 is 14.3 Å². The zero-order valence-corrected chi connectivity index (χ0v) is 16.3. The van der Waals surface area contributed by atoms with Gasteiger partial charge in [-0.05, 0) is 24.6 Å². The minimum absolute atomic E-state index is 0.0561. The maximum atomic E-state index is 12.8. The summed E-state index contributed by atoms with van der Waals surface area (Å²) < 4.78 is 10.6. The number of hydrogen-bond donors (Lipinski definition) is 1. The lowest BCUT2D eigenvalue weighted by Crippen LogP contribution is -2.37. The fraction of sp³-hybridized carbons (Fsp3) is 0.368. The summed E-state index contributed by atoms with van der Waals surface area (Å²) in [5, 5.41) is 3.41.